The highest BCUT2D eigenvalue weighted by atomic mass is 32.2. The zero-order chi connectivity index (χ0) is 11.2. The van der Waals surface area contributed by atoms with Crippen LogP contribution in [0.4, 0.5) is 0 Å². The predicted molar refractivity (Wildman–Crippen MR) is 53.3 cm³/mol. The second-order valence-corrected chi connectivity index (χ2v) is 6.60. The first-order valence-electron chi connectivity index (χ1n) is 4.25. The van der Waals surface area contributed by atoms with Gasteiger partial charge in [0, 0.05) is 6.66 Å². The Morgan fingerprint density at radius 3 is 2.43 bits per heavy atom. The summed E-state index contributed by atoms with van der Waals surface area (Å²) < 4.78 is 36.9. The van der Waals surface area contributed by atoms with Gasteiger partial charge in [0.05, 0.1) is 5.75 Å². The molecule has 0 aliphatic heterocycles. The summed E-state index contributed by atoms with van der Waals surface area (Å²) in [4.78, 5) is 10.3. The average Bonchev–Trinajstić information content (AvgIpc) is 2.00. The fourth-order valence-corrected chi connectivity index (χ4v) is 2.38. The van der Waals surface area contributed by atoms with E-state index in [9.17, 15) is 13.0 Å². The lowest BCUT2D eigenvalue weighted by atomic mass is 10.3. The Balaban J connectivity index is 3.91. The summed E-state index contributed by atoms with van der Waals surface area (Å²) in [5.74, 6) is -0.0964. The van der Waals surface area contributed by atoms with Crippen molar-refractivity contribution in [3.05, 3.63) is 0 Å². The molecule has 0 spiro atoms. The highest BCUT2D eigenvalue weighted by Gasteiger charge is 2.16. The Bertz CT molecular complexity index is 295. The SMILES string of the molecule is CCCCCS(=O)(=O)NOP(C)(=O)O. The van der Waals surface area contributed by atoms with Gasteiger partial charge in [0.25, 0.3) is 0 Å². The molecular weight excluding hydrogens is 229 g/mol. The summed E-state index contributed by atoms with van der Waals surface area (Å²) in [6, 6.07) is 0. The summed E-state index contributed by atoms with van der Waals surface area (Å²) in [5.41, 5.74) is 0. The Kier molecular flexibility index (Phi) is 5.85. The standard InChI is InChI=1S/C6H16NO5PS/c1-3-4-5-6-14(10,11)7-12-13(2,8)9/h7H,3-6H2,1-2H3,(H,8,9). The van der Waals surface area contributed by atoms with E-state index >= 15 is 0 Å². The maximum Gasteiger partial charge on any atom is 0.342 e. The van der Waals surface area contributed by atoms with Crippen LogP contribution in [0.15, 0.2) is 0 Å². The molecule has 0 aliphatic rings. The Hall–Kier alpha value is 0.0600. The molecule has 14 heavy (non-hydrogen) atoms. The second-order valence-electron chi connectivity index (χ2n) is 3.00. The molecule has 0 saturated heterocycles. The summed E-state index contributed by atoms with van der Waals surface area (Å²) in [7, 11) is -7.38. The Morgan fingerprint density at radius 2 is 2.00 bits per heavy atom. The van der Waals surface area contributed by atoms with Crippen LogP contribution >= 0.6 is 7.60 Å². The van der Waals surface area contributed by atoms with E-state index in [4.69, 9.17) is 4.89 Å². The average molecular weight is 245 g/mol. The molecule has 0 fully saturated rings. The summed E-state index contributed by atoms with van der Waals surface area (Å²) >= 11 is 0. The number of nitrogens with one attached hydrogen (secondary N) is 1. The van der Waals surface area contributed by atoms with E-state index < -0.39 is 17.6 Å². The van der Waals surface area contributed by atoms with Crippen molar-refractivity contribution in [2.75, 3.05) is 12.4 Å². The van der Waals surface area contributed by atoms with Crippen LogP contribution in [0.25, 0.3) is 0 Å². The maximum atomic E-state index is 11.1. The number of hydrogen-bond donors (Lipinski definition) is 2. The van der Waals surface area contributed by atoms with E-state index in [1.54, 1.807) is 4.89 Å². The first-order valence-corrected chi connectivity index (χ1v) is 7.93. The summed E-state index contributed by atoms with van der Waals surface area (Å²) in [6.07, 6.45) is 2.21. The second kappa shape index (κ2) is 5.82. The summed E-state index contributed by atoms with van der Waals surface area (Å²) in [5, 5.41) is 0. The van der Waals surface area contributed by atoms with Gasteiger partial charge in [-0.3, -0.25) is 4.57 Å². The first-order chi connectivity index (χ1) is 6.27. The molecule has 0 aromatic heterocycles. The third kappa shape index (κ3) is 8.65. The van der Waals surface area contributed by atoms with Crippen LogP contribution in [0, 0.1) is 0 Å². The predicted octanol–water partition coefficient (Wildman–Crippen LogP) is 0.843. The van der Waals surface area contributed by atoms with Gasteiger partial charge in [-0.2, -0.15) is 0 Å². The number of hydrogen-bond acceptors (Lipinski definition) is 4. The van der Waals surface area contributed by atoms with E-state index in [1.807, 2.05) is 6.92 Å². The minimum atomic E-state index is -3.79. The molecule has 0 aromatic rings. The van der Waals surface area contributed by atoms with Crippen molar-refractivity contribution < 1.29 is 22.5 Å². The molecule has 0 rings (SSSR count). The third-order valence-electron chi connectivity index (χ3n) is 1.35. The lowest BCUT2D eigenvalue weighted by Crippen LogP contribution is -2.25. The van der Waals surface area contributed by atoms with Gasteiger partial charge in [-0.1, -0.05) is 24.7 Å². The summed E-state index contributed by atoms with van der Waals surface area (Å²) in [6.45, 7) is 2.85. The minimum absolute atomic E-state index is 0.0964. The highest BCUT2D eigenvalue weighted by Crippen LogP contribution is 2.34. The molecule has 1 unspecified atom stereocenters. The van der Waals surface area contributed by atoms with E-state index in [2.05, 4.69) is 4.62 Å². The molecule has 0 aliphatic carbocycles. The van der Waals surface area contributed by atoms with Gasteiger partial charge in [0.1, 0.15) is 0 Å². The van der Waals surface area contributed by atoms with Crippen LogP contribution in [0.3, 0.4) is 0 Å². The zero-order valence-electron chi connectivity index (χ0n) is 8.26. The highest BCUT2D eigenvalue weighted by molar-refractivity contribution is 7.89. The Morgan fingerprint density at radius 1 is 1.43 bits per heavy atom. The van der Waals surface area contributed by atoms with Gasteiger partial charge >= 0.3 is 7.60 Å². The lowest BCUT2D eigenvalue weighted by molar-refractivity contribution is 0.228. The molecule has 86 valence electrons. The molecule has 1 atom stereocenters. The topological polar surface area (TPSA) is 92.7 Å². The molecule has 0 radical (unpaired) electrons. The van der Waals surface area contributed by atoms with Crippen LogP contribution in [0.5, 0.6) is 0 Å². The molecule has 0 amide bonds. The van der Waals surface area contributed by atoms with E-state index in [0.29, 0.717) is 6.42 Å². The van der Waals surface area contributed by atoms with Gasteiger partial charge in [0.2, 0.25) is 10.0 Å². The van der Waals surface area contributed by atoms with Crippen molar-refractivity contribution in [3.8, 4) is 0 Å². The molecule has 0 aromatic carbocycles. The largest absolute Gasteiger partial charge is 0.342 e. The smallest absolute Gasteiger partial charge is 0.324 e. The van der Waals surface area contributed by atoms with Gasteiger partial charge < -0.3 is 4.89 Å². The number of sulfonamides is 1. The van der Waals surface area contributed by atoms with Crippen LogP contribution in [-0.2, 0) is 19.2 Å². The van der Waals surface area contributed by atoms with Gasteiger partial charge in [-0.25, -0.2) is 13.0 Å². The van der Waals surface area contributed by atoms with Crippen LogP contribution in [0.2, 0.25) is 0 Å². The normalized spacial score (nSPS) is 16.5. The maximum absolute atomic E-state index is 11.1. The minimum Gasteiger partial charge on any atom is -0.324 e. The number of rotatable bonds is 7. The van der Waals surface area contributed by atoms with E-state index in [1.165, 1.54) is 0 Å². The van der Waals surface area contributed by atoms with E-state index in [0.717, 1.165) is 19.5 Å². The van der Waals surface area contributed by atoms with Crippen molar-refractivity contribution in [1.82, 2.24) is 4.89 Å². The molecule has 6 nitrogen and oxygen atoms in total. The quantitative estimate of drug-likeness (QED) is 0.394. The lowest BCUT2D eigenvalue weighted by Gasteiger charge is -2.08. The van der Waals surface area contributed by atoms with Crippen molar-refractivity contribution in [1.29, 1.82) is 0 Å². The van der Waals surface area contributed by atoms with Crippen molar-refractivity contribution >= 4 is 17.6 Å². The fourth-order valence-electron chi connectivity index (χ4n) is 0.710. The van der Waals surface area contributed by atoms with Crippen molar-refractivity contribution in [2.24, 2.45) is 0 Å². The zero-order valence-corrected chi connectivity index (χ0v) is 9.98. The third-order valence-corrected chi connectivity index (χ3v) is 3.07. The van der Waals surface area contributed by atoms with Crippen LogP contribution in [0.1, 0.15) is 26.2 Å². The monoisotopic (exact) mass is 245 g/mol. The fraction of sp³-hybridized carbons (Fsp3) is 1.00. The van der Waals surface area contributed by atoms with E-state index in [-0.39, 0.29) is 5.75 Å². The molecule has 2 N–H and O–H groups in total. The molecule has 0 saturated carbocycles. The van der Waals surface area contributed by atoms with Gasteiger partial charge in [-0.05, 0) is 6.42 Å². The molecule has 0 heterocycles. The van der Waals surface area contributed by atoms with Crippen molar-refractivity contribution in [2.45, 2.75) is 26.2 Å². The molecule has 8 heteroatoms. The Labute approximate surface area is 84.2 Å². The van der Waals surface area contributed by atoms with Crippen molar-refractivity contribution in [3.63, 3.8) is 0 Å². The molecule has 0 bridgehead atoms. The van der Waals surface area contributed by atoms with Gasteiger partial charge in [0.15, 0.2) is 0 Å². The van der Waals surface area contributed by atoms with Gasteiger partial charge in [-0.15, -0.1) is 0 Å². The first kappa shape index (κ1) is 14.1. The molecular formula is C6H16NO5PS. The number of unbranched alkanes of at least 4 members (excludes halogenated alkanes) is 2. The van der Waals surface area contributed by atoms with Crippen LogP contribution < -0.4 is 4.89 Å². The van der Waals surface area contributed by atoms with Crippen LogP contribution in [-0.4, -0.2) is 25.7 Å².